The third-order valence-corrected chi connectivity index (χ3v) is 6.08. The molecule has 4 aromatic rings. The molecule has 0 bridgehead atoms. The normalized spacial score (nSPS) is 11.7. The van der Waals surface area contributed by atoms with Crippen LogP contribution in [0.25, 0.3) is 16.3 Å². The Kier molecular flexibility index (Phi) is 8.20. The largest absolute Gasteiger partial charge is 0.496 e. The first-order valence-corrected chi connectivity index (χ1v) is 11.8. The van der Waals surface area contributed by atoms with Crippen molar-refractivity contribution in [1.29, 1.82) is 0 Å². The lowest BCUT2D eigenvalue weighted by atomic mass is 10.0. The Morgan fingerprint density at radius 3 is 2.55 bits per heavy atom. The summed E-state index contributed by atoms with van der Waals surface area (Å²) >= 11 is 1.01. The summed E-state index contributed by atoms with van der Waals surface area (Å²) in [6.07, 6.45) is 0.788. The molecule has 0 saturated heterocycles. The number of anilines is 2. The number of nitrogens with zero attached hydrogens (tertiary/aromatic N) is 4. The number of aliphatic hydroxyl groups is 1. The first kappa shape index (κ1) is 26.6. The summed E-state index contributed by atoms with van der Waals surface area (Å²) in [4.78, 5) is 26.2. The molecule has 0 unspecified atom stereocenters. The maximum Gasteiger partial charge on any atom is 0.379 e. The Labute approximate surface area is 219 Å². The molecule has 15 heteroatoms. The highest BCUT2D eigenvalue weighted by Gasteiger charge is 2.25. The minimum atomic E-state index is -0.948. The van der Waals surface area contributed by atoms with E-state index in [1.54, 1.807) is 24.3 Å². The van der Waals surface area contributed by atoms with Gasteiger partial charge in [0.1, 0.15) is 30.0 Å². The van der Waals surface area contributed by atoms with Crippen LogP contribution in [-0.2, 0) is 4.74 Å². The van der Waals surface area contributed by atoms with Crippen molar-refractivity contribution >= 4 is 28.2 Å². The number of hydrogen-bond donors (Lipinski definition) is 3. The van der Waals surface area contributed by atoms with Crippen LogP contribution in [0.5, 0.6) is 17.2 Å². The van der Waals surface area contributed by atoms with Gasteiger partial charge in [0.25, 0.3) is 5.91 Å². The molecule has 0 fully saturated rings. The van der Waals surface area contributed by atoms with Gasteiger partial charge in [0.15, 0.2) is 5.76 Å². The summed E-state index contributed by atoms with van der Waals surface area (Å²) < 4.78 is 28.4. The van der Waals surface area contributed by atoms with Crippen LogP contribution in [0.2, 0.25) is 0 Å². The lowest BCUT2D eigenvalue weighted by molar-refractivity contribution is 0.0156. The predicted molar refractivity (Wildman–Crippen MR) is 136 cm³/mol. The van der Waals surface area contributed by atoms with Gasteiger partial charge in [-0.2, -0.15) is 9.78 Å². The predicted octanol–water partition coefficient (Wildman–Crippen LogP) is 1.58. The highest BCUT2D eigenvalue weighted by molar-refractivity contribution is 7.17. The van der Waals surface area contributed by atoms with E-state index in [-0.39, 0.29) is 35.4 Å². The van der Waals surface area contributed by atoms with E-state index in [1.165, 1.54) is 38.3 Å². The summed E-state index contributed by atoms with van der Waals surface area (Å²) in [5, 5.41) is 24.3. The van der Waals surface area contributed by atoms with Gasteiger partial charge in [0.05, 0.1) is 32.6 Å². The first-order valence-electron chi connectivity index (χ1n) is 11.0. The van der Waals surface area contributed by atoms with Gasteiger partial charge in [-0.3, -0.25) is 10.1 Å². The SMILES string of the molecule is COc1cccc(OC)c1-c1cc(C(=O)Nc2nnc(-n3nccc3N)s2)oc(=O)c1OC[C@H](CO)OC. The van der Waals surface area contributed by atoms with Crippen molar-refractivity contribution in [1.82, 2.24) is 20.0 Å². The van der Waals surface area contributed by atoms with Gasteiger partial charge in [0.2, 0.25) is 16.0 Å². The summed E-state index contributed by atoms with van der Waals surface area (Å²) in [6, 6.07) is 7.92. The van der Waals surface area contributed by atoms with Crippen molar-refractivity contribution in [3.8, 4) is 33.5 Å². The third kappa shape index (κ3) is 5.44. The monoisotopic (exact) mass is 544 g/mol. The van der Waals surface area contributed by atoms with Crippen molar-refractivity contribution in [2.24, 2.45) is 0 Å². The molecule has 38 heavy (non-hydrogen) atoms. The zero-order valence-corrected chi connectivity index (χ0v) is 21.4. The number of nitrogen functional groups attached to an aromatic ring is 1. The standard InChI is InChI=1S/C23H24N6O8S/c1-33-12(10-30)11-36-19-13(18-14(34-2)5-4-6-15(18)35-3)9-16(37-21(19)32)20(31)26-22-27-28-23(38-22)29-17(24)7-8-25-29/h4-9,12,30H,10-11,24H2,1-3H3,(H,26,27,31)/t12-/m0/s1. The van der Waals surface area contributed by atoms with Crippen LogP contribution in [0, 0.1) is 0 Å². The molecule has 0 aliphatic heterocycles. The van der Waals surface area contributed by atoms with E-state index in [4.69, 9.17) is 29.1 Å². The number of carbonyl (C=O) groups is 1. The molecule has 0 radical (unpaired) electrons. The minimum absolute atomic E-state index is 0.116. The van der Waals surface area contributed by atoms with Gasteiger partial charge >= 0.3 is 5.63 Å². The zero-order valence-electron chi connectivity index (χ0n) is 20.5. The van der Waals surface area contributed by atoms with Crippen molar-refractivity contribution in [3.05, 3.63) is 52.7 Å². The number of amides is 1. The second-order valence-electron chi connectivity index (χ2n) is 7.54. The maximum absolute atomic E-state index is 13.1. The Balaban J connectivity index is 1.74. The molecule has 14 nitrogen and oxygen atoms in total. The summed E-state index contributed by atoms with van der Waals surface area (Å²) in [5.74, 6) is -0.305. The topological polar surface area (TPSA) is 186 Å². The average Bonchev–Trinajstić information content (AvgIpc) is 3.57. The van der Waals surface area contributed by atoms with Crippen LogP contribution in [0.15, 0.2) is 45.7 Å². The van der Waals surface area contributed by atoms with Crippen LogP contribution >= 0.6 is 11.3 Å². The minimum Gasteiger partial charge on any atom is -0.496 e. The van der Waals surface area contributed by atoms with Gasteiger partial charge in [0, 0.05) is 18.7 Å². The number of carbonyl (C=O) groups excluding carboxylic acids is 1. The Morgan fingerprint density at radius 2 is 1.95 bits per heavy atom. The van der Waals surface area contributed by atoms with Gasteiger partial charge in [-0.05, 0) is 18.2 Å². The molecule has 200 valence electrons. The fourth-order valence-corrected chi connectivity index (χ4v) is 4.11. The smallest absolute Gasteiger partial charge is 0.379 e. The van der Waals surface area contributed by atoms with Crippen LogP contribution < -0.4 is 30.9 Å². The molecule has 3 heterocycles. The van der Waals surface area contributed by atoms with E-state index in [2.05, 4.69) is 20.6 Å². The lowest BCUT2D eigenvalue weighted by Crippen LogP contribution is -2.26. The van der Waals surface area contributed by atoms with Gasteiger partial charge < -0.3 is 34.2 Å². The molecule has 0 aliphatic carbocycles. The second kappa shape index (κ2) is 11.7. The quantitative estimate of drug-likeness (QED) is 0.248. The van der Waals surface area contributed by atoms with E-state index in [9.17, 15) is 14.7 Å². The first-order chi connectivity index (χ1) is 18.4. The highest BCUT2D eigenvalue weighted by atomic mass is 32.1. The molecule has 0 spiro atoms. The lowest BCUT2D eigenvalue weighted by Gasteiger charge is -2.18. The molecular weight excluding hydrogens is 520 g/mol. The van der Waals surface area contributed by atoms with Crippen LogP contribution in [0.4, 0.5) is 10.9 Å². The summed E-state index contributed by atoms with van der Waals surface area (Å²) in [5.41, 5.74) is 5.39. The number of nitrogens with one attached hydrogen (secondary N) is 1. The Morgan fingerprint density at radius 1 is 1.21 bits per heavy atom. The maximum atomic E-state index is 13.1. The third-order valence-electron chi connectivity index (χ3n) is 5.27. The van der Waals surface area contributed by atoms with Gasteiger partial charge in [-0.1, -0.05) is 17.4 Å². The fraction of sp³-hybridized carbons (Fsp3) is 0.261. The number of nitrogens with two attached hydrogens (primary N) is 1. The Bertz CT molecular complexity index is 1460. The number of aliphatic hydroxyl groups excluding tert-OH is 1. The van der Waals surface area contributed by atoms with Gasteiger partial charge in [-0.15, -0.1) is 10.2 Å². The number of ether oxygens (including phenoxy) is 4. The summed E-state index contributed by atoms with van der Waals surface area (Å²) in [7, 11) is 4.29. The molecular formula is C23H24N6O8S. The number of aromatic nitrogens is 4. The molecule has 4 N–H and O–H groups in total. The number of methoxy groups -OCH3 is 3. The molecule has 4 rings (SSSR count). The van der Waals surface area contributed by atoms with E-state index >= 15 is 0 Å². The van der Waals surface area contributed by atoms with Crippen molar-refractivity contribution in [2.75, 3.05) is 45.6 Å². The number of hydrogen-bond acceptors (Lipinski definition) is 13. The van der Waals surface area contributed by atoms with Crippen LogP contribution in [0.3, 0.4) is 0 Å². The van der Waals surface area contributed by atoms with Crippen molar-refractivity contribution in [3.63, 3.8) is 0 Å². The zero-order chi connectivity index (χ0) is 27.2. The van der Waals surface area contributed by atoms with E-state index in [1.807, 2.05) is 0 Å². The van der Waals surface area contributed by atoms with Crippen molar-refractivity contribution < 1.29 is 33.3 Å². The van der Waals surface area contributed by atoms with Gasteiger partial charge in [-0.25, -0.2) is 4.79 Å². The average molecular weight is 545 g/mol. The summed E-state index contributed by atoms with van der Waals surface area (Å²) in [6.45, 7) is -0.512. The Hall–Kier alpha value is -4.47. The second-order valence-corrected chi connectivity index (χ2v) is 8.50. The molecule has 1 aromatic carbocycles. The number of benzene rings is 1. The number of rotatable bonds is 11. The molecule has 3 aromatic heterocycles. The van der Waals surface area contributed by atoms with E-state index < -0.39 is 17.6 Å². The molecule has 0 aliphatic rings. The molecule has 1 atom stereocenters. The molecule has 0 saturated carbocycles. The van der Waals surface area contributed by atoms with Crippen molar-refractivity contribution in [2.45, 2.75) is 6.10 Å². The molecule has 1 amide bonds. The van der Waals surface area contributed by atoms with E-state index in [0.29, 0.717) is 28.0 Å². The highest BCUT2D eigenvalue weighted by Crippen LogP contribution is 2.42. The van der Waals surface area contributed by atoms with Crippen LogP contribution in [0.1, 0.15) is 10.6 Å². The van der Waals surface area contributed by atoms with Crippen LogP contribution in [-0.4, -0.2) is 71.6 Å². The van der Waals surface area contributed by atoms with E-state index in [0.717, 1.165) is 11.3 Å². The fourth-order valence-electron chi connectivity index (χ4n) is 3.39.